The van der Waals surface area contributed by atoms with Crippen LogP contribution < -0.4 is 5.56 Å². The second-order valence-electron chi connectivity index (χ2n) is 8.04. The molecule has 160 valence electrons. The van der Waals surface area contributed by atoms with Crippen LogP contribution in [0.4, 0.5) is 0 Å². The van der Waals surface area contributed by atoms with Gasteiger partial charge in [0.25, 0.3) is 5.56 Å². The molecule has 5 nitrogen and oxygen atoms in total. The molecule has 5 rings (SSSR count). The van der Waals surface area contributed by atoms with Crippen LogP contribution in [0.15, 0.2) is 83.7 Å². The molecular weight excluding hydrogens is 422 g/mol. The summed E-state index contributed by atoms with van der Waals surface area (Å²) in [7, 11) is 1.83. The lowest BCUT2D eigenvalue weighted by atomic mass is 9.90. The molecule has 1 aliphatic rings. The highest BCUT2D eigenvalue weighted by atomic mass is 35.5. The van der Waals surface area contributed by atoms with E-state index >= 15 is 0 Å². The molecule has 0 unspecified atom stereocenters. The highest BCUT2D eigenvalue weighted by molar-refractivity contribution is 6.30. The van der Waals surface area contributed by atoms with Gasteiger partial charge in [-0.2, -0.15) is 0 Å². The van der Waals surface area contributed by atoms with Crippen LogP contribution in [0.1, 0.15) is 29.9 Å². The van der Waals surface area contributed by atoms with Gasteiger partial charge in [-0.3, -0.25) is 9.36 Å². The number of hydrogen-bond acceptors (Lipinski definition) is 4. The van der Waals surface area contributed by atoms with Gasteiger partial charge in [0.2, 0.25) is 0 Å². The molecule has 0 spiro atoms. The molecule has 0 aliphatic carbocycles. The molecule has 3 aromatic carbocycles. The van der Waals surface area contributed by atoms with Gasteiger partial charge in [0.05, 0.1) is 22.6 Å². The number of benzene rings is 3. The quantitative estimate of drug-likeness (QED) is 0.478. The third-order valence-corrected chi connectivity index (χ3v) is 6.50. The molecule has 0 radical (unpaired) electrons. The van der Waals surface area contributed by atoms with Crippen molar-refractivity contribution >= 4 is 34.3 Å². The van der Waals surface area contributed by atoms with E-state index in [1.165, 1.54) is 0 Å². The average molecular weight is 444 g/mol. The molecule has 4 aromatic rings. The number of likely N-dealkylation sites (N-methyl/N-ethyl adjacent to an activating group) is 1. The SMILES string of the molecule is C[C@@H]1n2c(nc3ccccc3c2=O)/C(=C/c2ccc(Cl)cc2)N(C)[C@@]1(O)c1ccccc1. The van der Waals surface area contributed by atoms with Crippen molar-refractivity contribution in [2.45, 2.75) is 18.7 Å². The summed E-state index contributed by atoms with van der Waals surface area (Å²) in [4.78, 5) is 20.3. The number of hydrogen-bond donors (Lipinski definition) is 1. The molecule has 0 saturated heterocycles. The Bertz CT molecular complexity index is 1400. The Kier molecular flexibility index (Phi) is 4.88. The third kappa shape index (κ3) is 3.05. The van der Waals surface area contributed by atoms with Crippen molar-refractivity contribution in [2.24, 2.45) is 0 Å². The fraction of sp³-hybridized carbons (Fsp3) is 0.154. The fourth-order valence-electron chi connectivity index (χ4n) is 4.48. The number of halogens is 1. The van der Waals surface area contributed by atoms with Crippen molar-refractivity contribution in [2.75, 3.05) is 7.05 Å². The van der Waals surface area contributed by atoms with Crippen molar-refractivity contribution in [3.05, 3.63) is 111 Å². The van der Waals surface area contributed by atoms with Gasteiger partial charge in [-0.1, -0.05) is 66.2 Å². The molecule has 0 saturated carbocycles. The van der Waals surface area contributed by atoms with Crippen LogP contribution in [-0.4, -0.2) is 26.6 Å². The molecule has 0 fully saturated rings. The van der Waals surface area contributed by atoms with E-state index in [2.05, 4.69) is 0 Å². The van der Waals surface area contributed by atoms with Crippen molar-refractivity contribution in [3.8, 4) is 0 Å². The Morgan fingerprint density at radius 1 is 1.00 bits per heavy atom. The summed E-state index contributed by atoms with van der Waals surface area (Å²) >= 11 is 6.07. The van der Waals surface area contributed by atoms with Crippen LogP contribution in [0.25, 0.3) is 22.7 Å². The maximum Gasteiger partial charge on any atom is 0.262 e. The molecule has 1 N–H and O–H groups in total. The lowest BCUT2D eigenvalue weighted by Gasteiger charge is -2.49. The van der Waals surface area contributed by atoms with Crippen LogP contribution in [0.5, 0.6) is 0 Å². The van der Waals surface area contributed by atoms with E-state index in [4.69, 9.17) is 16.6 Å². The minimum Gasteiger partial charge on any atom is -0.365 e. The van der Waals surface area contributed by atoms with E-state index in [1.54, 1.807) is 15.5 Å². The fourth-order valence-corrected chi connectivity index (χ4v) is 4.60. The Morgan fingerprint density at radius 3 is 2.38 bits per heavy atom. The third-order valence-electron chi connectivity index (χ3n) is 6.25. The van der Waals surface area contributed by atoms with Crippen molar-refractivity contribution in [3.63, 3.8) is 0 Å². The van der Waals surface area contributed by atoms with Crippen molar-refractivity contribution < 1.29 is 5.11 Å². The normalized spacial score (nSPS) is 21.7. The second kappa shape index (κ2) is 7.62. The van der Waals surface area contributed by atoms with Gasteiger partial charge in [0.15, 0.2) is 11.5 Å². The molecule has 6 heteroatoms. The molecule has 1 aromatic heterocycles. The van der Waals surface area contributed by atoms with Gasteiger partial charge in [0, 0.05) is 17.6 Å². The first-order chi connectivity index (χ1) is 15.4. The minimum atomic E-state index is -1.46. The number of para-hydroxylation sites is 1. The van der Waals surface area contributed by atoms with E-state index in [0.29, 0.717) is 33.0 Å². The van der Waals surface area contributed by atoms with Gasteiger partial charge in [-0.05, 0) is 42.8 Å². The molecule has 0 bridgehead atoms. The van der Waals surface area contributed by atoms with E-state index in [-0.39, 0.29) is 5.56 Å². The zero-order valence-corrected chi connectivity index (χ0v) is 18.5. The molecular formula is C26H22ClN3O2. The monoisotopic (exact) mass is 443 g/mol. The molecule has 2 heterocycles. The van der Waals surface area contributed by atoms with E-state index in [9.17, 15) is 9.90 Å². The van der Waals surface area contributed by atoms with E-state index < -0.39 is 11.8 Å². The van der Waals surface area contributed by atoms with E-state index in [0.717, 1.165) is 5.56 Å². The van der Waals surface area contributed by atoms with Crippen LogP contribution >= 0.6 is 11.6 Å². The largest absolute Gasteiger partial charge is 0.365 e. The zero-order chi connectivity index (χ0) is 22.5. The topological polar surface area (TPSA) is 58.4 Å². The summed E-state index contributed by atoms with van der Waals surface area (Å²) in [6, 6.07) is 23.5. The number of aromatic nitrogens is 2. The Balaban J connectivity index is 1.85. The summed E-state index contributed by atoms with van der Waals surface area (Å²) in [5.74, 6) is 0.513. The number of aliphatic hydroxyl groups is 1. The Labute approximate surface area is 190 Å². The molecule has 32 heavy (non-hydrogen) atoms. The number of fused-ring (bicyclic) bond motifs is 2. The van der Waals surface area contributed by atoms with Crippen LogP contribution in [0, 0.1) is 0 Å². The summed E-state index contributed by atoms with van der Waals surface area (Å²) in [6.07, 6.45) is 1.92. The summed E-state index contributed by atoms with van der Waals surface area (Å²) < 4.78 is 1.61. The lowest BCUT2D eigenvalue weighted by molar-refractivity contribution is -0.118. The summed E-state index contributed by atoms with van der Waals surface area (Å²) in [6.45, 7) is 1.85. The summed E-state index contributed by atoms with van der Waals surface area (Å²) in [5.41, 5.74) is 1.21. The van der Waals surface area contributed by atoms with E-state index in [1.807, 2.05) is 92.8 Å². The second-order valence-corrected chi connectivity index (χ2v) is 8.47. The Morgan fingerprint density at radius 2 is 1.66 bits per heavy atom. The first-order valence-corrected chi connectivity index (χ1v) is 10.8. The Hall–Kier alpha value is -3.41. The average Bonchev–Trinajstić information content (AvgIpc) is 2.82. The van der Waals surface area contributed by atoms with Gasteiger partial charge in [-0.25, -0.2) is 4.98 Å². The van der Waals surface area contributed by atoms with Crippen molar-refractivity contribution in [1.29, 1.82) is 0 Å². The zero-order valence-electron chi connectivity index (χ0n) is 17.7. The smallest absolute Gasteiger partial charge is 0.262 e. The van der Waals surface area contributed by atoms with Crippen molar-refractivity contribution in [1.82, 2.24) is 14.5 Å². The molecule has 0 amide bonds. The predicted octanol–water partition coefficient (Wildman–Crippen LogP) is 4.90. The minimum absolute atomic E-state index is 0.178. The molecule has 2 atom stereocenters. The lowest BCUT2D eigenvalue weighted by Crippen LogP contribution is -2.55. The van der Waals surface area contributed by atoms with Gasteiger partial charge in [-0.15, -0.1) is 0 Å². The van der Waals surface area contributed by atoms with Crippen LogP contribution in [-0.2, 0) is 5.72 Å². The van der Waals surface area contributed by atoms with Gasteiger partial charge in [0.1, 0.15) is 0 Å². The van der Waals surface area contributed by atoms with Gasteiger partial charge >= 0.3 is 0 Å². The van der Waals surface area contributed by atoms with Crippen LogP contribution in [0.3, 0.4) is 0 Å². The maximum absolute atomic E-state index is 13.6. The van der Waals surface area contributed by atoms with Crippen LogP contribution in [0.2, 0.25) is 5.02 Å². The maximum atomic E-state index is 13.6. The summed E-state index contributed by atoms with van der Waals surface area (Å²) in [5, 5.41) is 13.3. The highest BCUT2D eigenvalue weighted by Crippen LogP contribution is 2.44. The number of nitrogens with zero attached hydrogens (tertiary/aromatic N) is 3. The highest BCUT2D eigenvalue weighted by Gasteiger charge is 2.48. The first-order valence-electron chi connectivity index (χ1n) is 10.4. The number of rotatable bonds is 2. The predicted molar refractivity (Wildman–Crippen MR) is 128 cm³/mol. The van der Waals surface area contributed by atoms with Gasteiger partial charge < -0.3 is 10.0 Å². The standard InChI is InChI=1S/C26H22ClN3O2/c1-17-26(32,19-8-4-3-5-9-19)29(2)23(16-18-12-14-20(27)15-13-18)24-28-22-11-7-6-10-21(22)25(31)30(17)24/h3-17,32H,1-2H3/b23-16-/t17-,26-/m0/s1. The molecule has 1 aliphatic heterocycles. The first kappa shape index (κ1) is 20.5.